The zero-order valence-electron chi connectivity index (χ0n) is 12.4. The van der Waals surface area contributed by atoms with Crippen molar-refractivity contribution in [3.63, 3.8) is 0 Å². The summed E-state index contributed by atoms with van der Waals surface area (Å²) < 4.78 is 5.15. The van der Waals surface area contributed by atoms with Gasteiger partial charge in [-0.05, 0) is 37.0 Å². The molecule has 1 aliphatic heterocycles. The van der Waals surface area contributed by atoms with Crippen molar-refractivity contribution in [2.24, 2.45) is 5.92 Å². The Morgan fingerprint density at radius 2 is 2.05 bits per heavy atom. The highest BCUT2D eigenvalue weighted by molar-refractivity contribution is 5.49. The van der Waals surface area contributed by atoms with Gasteiger partial charge in [-0.3, -0.25) is 4.90 Å². The zero-order chi connectivity index (χ0) is 14.9. The Labute approximate surface area is 119 Å². The normalized spacial score (nSPS) is 22.9. The number of aliphatic hydroxyl groups is 2. The van der Waals surface area contributed by atoms with Crippen LogP contribution in [0.5, 0.6) is 0 Å². The second-order valence-electron chi connectivity index (χ2n) is 5.53. The molecule has 1 aromatic rings. The van der Waals surface area contributed by atoms with Crippen molar-refractivity contribution in [2.75, 3.05) is 12.0 Å². The van der Waals surface area contributed by atoms with Crippen LogP contribution < -0.4 is 4.90 Å². The molecule has 0 fully saturated rings. The van der Waals surface area contributed by atoms with Gasteiger partial charge in [-0.15, -0.1) is 0 Å². The third kappa shape index (κ3) is 2.64. The Kier molecular flexibility index (Phi) is 4.30. The van der Waals surface area contributed by atoms with E-state index in [-0.39, 0.29) is 0 Å². The van der Waals surface area contributed by atoms with Gasteiger partial charge in [0.15, 0.2) is 12.5 Å². The van der Waals surface area contributed by atoms with Gasteiger partial charge in [-0.2, -0.15) is 0 Å². The van der Waals surface area contributed by atoms with Crippen LogP contribution in [0.15, 0.2) is 29.7 Å². The number of anilines is 1. The highest BCUT2D eigenvalue weighted by Crippen LogP contribution is 2.32. The first kappa shape index (κ1) is 14.8. The number of rotatable bonds is 4. The summed E-state index contributed by atoms with van der Waals surface area (Å²) in [6.07, 6.45) is 0.713. The van der Waals surface area contributed by atoms with Crippen molar-refractivity contribution in [3.05, 3.63) is 35.2 Å². The molecule has 0 aliphatic carbocycles. The number of hydrogen-bond acceptors (Lipinski definition) is 5. The molecule has 110 valence electrons. The first-order valence-electron chi connectivity index (χ1n) is 6.79. The topological polar surface area (TPSA) is 65.8 Å². The Morgan fingerprint density at radius 1 is 1.35 bits per heavy atom. The number of ether oxygens (including phenoxy) is 1. The SMILES string of the molecule is COC1=C(C)C(O)N(c2cc(CC(C)C)ccn2)C1O. The molecule has 5 heteroatoms. The van der Waals surface area contributed by atoms with Crippen LogP contribution in [0.3, 0.4) is 0 Å². The molecule has 0 saturated heterocycles. The Morgan fingerprint density at radius 3 is 2.60 bits per heavy atom. The monoisotopic (exact) mass is 278 g/mol. The maximum atomic E-state index is 10.3. The lowest BCUT2D eigenvalue weighted by atomic mass is 10.0. The number of nitrogens with zero attached hydrogens (tertiary/aromatic N) is 2. The number of methoxy groups -OCH3 is 1. The maximum absolute atomic E-state index is 10.3. The summed E-state index contributed by atoms with van der Waals surface area (Å²) in [6, 6.07) is 3.86. The van der Waals surface area contributed by atoms with E-state index in [1.165, 1.54) is 12.0 Å². The van der Waals surface area contributed by atoms with Gasteiger partial charge in [0.1, 0.15) is 11.6 Å². The molecule has 2 heterocycles. The van der Waals surface area contributed by atoms with E-state index in [0.29, 0.717) is 23.1 Å². The predicted molar refractivity (Wildman–Crippen MR) is 77.0 cm³/mol. The summed E-state index contributed by atoms with van der Waals surface area (Å²) >= 11 is 0. The van der Waals surface area contributed by atoms with Gasteiger partial charge in [0.25, 0.3) is 0 Å². The average Bonchev–Trinajstić information content (AvgIpc) is 2.59. The third-order valence-corrected chi connectivity index (χ3v) is 3.48. The first-order chi connectivity index (χ1) is 9.45. The molecule has 0 bridgehead atoms. The Bertz CT molecular complexity index is 514. The fraction of sp³-hybridized carbons (Fsp3) is 0.533. The van der Waals surface area contributed by atoms with Gasteiger partial charge in [0, 0.05) is 11.8 Å². The molecule has 20 heavy (non-hydrogen) atoms. The molecule has 0 saturated carbocycles. The van der Waals surface area contributed by atoms with Crippen LogP contribution in [0.2, 0.25) is 0 Å². The second kappa shape index (κ2) is 5.81. The van der Waals surface area contributed by atoms with E-state index in [0.717, 1.165) is 12.0 Å². The summed E-state index contributed by atoms with van der Waals surface area (Å²) in [5, 5.41) is 20.5. The molecule has 0 amide bonds. The van der Waals surface area contributed by atoms with Gasteiger partial charge >= 0.3 is 0 Å². The highest BCUT2D eigenvalue weighted by atomic mass is 16.5. The maximum Gasteiger partial charge on any atom is 0.189 e. The molecular weight excluding hydrogens is 256 g/mol. The lowest BCUT2D eigenvalue weighted by molar-refractivity contribution is 0.112. The number of aromatic nitrogens is 1. The van der Waals surface area contributed by atoms with Crippen LogP contribution in [-0.4, -0.2) is 34.8 Å². The van der Waals surface area contributed by atoms with Crippen LogP contribution in [0.1, 0.15) is 26.3 Å². The zero-order valence-corrected chi connectivity index (χ0v) is 12.4. The molecule has 2 atom stereocenters. The summed E-state index contributed by atoms with van der Waals surface area (Å²) in [6.45, 7) is 6.04. The van der Waals surface area contributed by atoms with Crippen molar-refractivity contribution in [2.45, 2.75) is 39.6 Å². The van der Waals surface area contributed by atoms with E-state index in [2.05, 4.69) is 18.8 Å². The van der Waals surface area contributed by atoms with Gasteiger partial charge < -0.3 is 14.9 Å². The lowest BCUT2D eigenvalue weighted by Crippen LogP contribution is -2.39. The molecule has 0 spiro atoms. The van der Waals surface area contributed by atoms with Crippen molar-refractivity contribution in [3.8, 4) is 0 Å². The largest absolute Gasteiger partial charge is 0.496 e. The minimum absolute atomic E-state index is 0.383. The standard InChI is InChI=1S/C15H22N2O3/c1-9(2)7-11-5-6-16-12(8-11)17-14(18)10(3)13(20-4)15(17)19/h5-6,8-9,14-15,18-19H,7H2,1-4H3. The first-order valence-corrected chi connectivity index (χ1v) is 6.79. The van der Waals surface area contributed by atoms with E-state index < -0.39 is 12.5 Å². The minimum Gasteiger partial charge on any atom is -0.496 e. The Hall–Kier alpha value is -1.59. The summed E-state index contributed by atoms with van der Waals surface area (Å²) in [4.78, 5) is 5.71. The van der Waals surface area contributed by atoms with Crippen LogP contribution in [-0.2, 0) is 11.2 Å². The second-order valence-corrected chi connectivity index (χ2v) is 5.53. The fourth-order valence-corrected chi connectivity index (χ4v) is 2.52. The van der Waals surface area contributed by atoms with Gasteiger partial charge in [-0.1, -0.05) is 13.8 Å². The van der Waals surface area contributed by atoms with Gasteiger partial charge in [0.2, 0.25) is 0 Å². The van der Waals surface area contributed by atoms with Crippen LogP contribution in [0.4, 0.5) is 5.82 Å². The smallest absolute Gasteiger partial charge is 0.189 e. The van der Waals surface area contributed by atoms with E-state index >= 15 is 0 Å². The molecule has 2 unspecified atom stereocenters. The van der Waals surface area contributed by atoms with Crippen molar-refractivity contribution < 1.29 is 14.9 Å². The molecule has 0 radical (unpaired) electrons. The molecule has 5 nitrogen and oxygen atoms in total. The fourth-order valence-electron chi connectivity index (χ4n) is 2.52. The van der Waals surface area contributed by atoms with E-state index in [4.69, 9.17) is 4.74 Å². The lowest BCUT2D eigenvalue weighted by Gasteiger charge is -2.26. The van der Waals surface area contributed by atoms with Gasteiger partial charge in [0.05, 0.1) is 7.11 Å². The van der Waals surface area contributed by atoms with Crippen molar-refractivity contribution >= 4 is 5.82 Å². The van der Waals surface area contributed by atoms with E-state index in [9.17, 15) is 10.2 Å². The number of aliphatic hydroxyl groups excluding tert-OH is 2. The molecule has 0 aromatic carbocycles. The quantitative estimate of drug-likeness (QED) is 0.877. The summed E-state index contributed by atoms with van der Waals surface area (Å²) in [7, 11) is 1.49. The number of hydrogen-bond donors (Lipinski definition) is 2. The van der Waals surface area contributed by atoms with Crippen molar-refractivity contribution in [1.29, 1.82) is 0 Å². The van der Waals surface area contributed by atoms with Crippen LogP contribution in [0.25, 0.3) is 0 Å². The van der Waals surface area contributed by atoms with E-state index in [1.807, 2.05) is 12.1 Å². The molecule has 2 N–H and O–H groups in total. The highest BCUT2D eigenvalue weighted by Gasteiger charge is 2.38. The molecule has 1 aromatic heterocycles. The van der Waals surface area contributed by atoms with Crippen molar-refractivity contribution in [1.82, 2.24) is 4.98 Å². The van der Waals surface area contributed by atoms with E-state index in [1.54, 1.807) is 13.1 Å². The molecule has 2 rings (SSSR count). The molecule has 1 aliphatic rings. The molecular formula is C15H22N2O3. The Balaban J connectivity index is 2.29. The van der Waals surface area contributed by atoms with Crippen LogP contribution >= 0.6 is 0 Å². The predicted octanol–water partition coefficient (Wildman–Crippen LogP) is 1.66. The summed E-state index contributed by atoms with van der Waals surface area (Å²) in [5.74, 6) is 1.47. The summed E-state index contributed by atoms with van der Waals surface area (Å²) in [5.41, 5.74) is 1.74. The number of pyridine rings is 1. The third-order valence-electron chi connectivity index (χ3n) is 3.48. The van der Waals surface area contributed by atoms with Gasteiger partial charge in [-0.25, -0.2) is 4.98 Å². The minimum atomic E-state index is -1.00. The van der Waals surface area contributed by atoms with Crippen LogP contribution in [0, 0.1) is 5.92 Å². The average molecular weight is 278 g/mol.